The Hall–Kier alpha value is -2.03. The molecule has 2 aromatic heterocycles. The quantitative estimate of drug-likeness (QED) is 0.908. The standard InChI is InChI=1S/C13H12F3N3O2S/c14-13(15,16)12-5-10(7-18-12)22(20,21)19-9-4-8-2-1-3-11(8)17-6-9/h4-7,18-19H,1-3H2. The minimum atomic E-state index is -4.62. The minimum absolute atomic E-state index is 0.246. The lowest BCUT2D eigenvalue weighted by molar-refractivity contribution is -0.140. The predicted molar refractivity (Wildman–Crippen MR) is 72.9 cm³/mol. The van der Waals surface area contributed by atoms with E-state index in [4.69, 9.17) is 0 Å². The molecule has 1 aliphatic carbocycles. The van der Waals surface area contributed by atoms with Crippen LogP contribution in [0.15, 0.2) is 29.4 Å². The Morgan fingerprint density at radius 1 is 1.23 bits per heavy atom. The highest BCUT2D eigenvalue weighted by molar-refractivity contribution is 7.92. The molecule has 0 aromatic carbocycles. The highest BCUT2D eigenvalue weighted by Crippen LogP contribution is 2.30. The van der Waals surface area contributed by atoms with Crippen LogP contribution < -0.4 is 4.72 Å². The number of H-pyrrole nitrogens is 1. The molecule has 118 valence electrons. The van der Waals surface area contributed by atoms with E-state index in [1.54, 1.807) is 6.07 Å². The van der Waals surface area contributed by atoms with Crippen molar-refractivity contribution in [3.63, 3.8) is 0 Å². The van der Waals surface area contributed by atoms with Gasteiger partial charge in [-0.2, -0.15) is 13.2 Å². The van der Waals surface area contributed by atoms with Gasteiger partial charge >= 0.3 is 6.18 Å². The molecular weight excluding hydrogens is 319 g/mol. The molecule has 5 nitrogen and oxygen atoms in total. The fraction of sp³-hybridized carbons (Fsp3) is 0.308. The van der Waals surface area contributed by atoms with Crippen molar-refractivity contribution < 1.29 is 21.6 Å². The summed E-state index contributed by atoms with van der Waals surface area (Å²) in [6, 6.07) is 2.23. The third-order valence-electron chi connectivity index (χ3n) is 3.44. The number of alkyl halides is 3. The molecule has 3 rings (SSSR count). The van der Waals surface area contributed by atoms with Crippen molar-refractivity contribution in [2.24, 2.45) is 0 Å². The second-order valence-electron chi connectivity index (χ2n) is 5.04. The van der Waals surface area contributed by atoms with Crippen LogP contribution in [0.1, 0.15) is 23.4 Å². The molecule has 22 heavy (non-hydrogen) atoms. The molecule has 0 saturated heterocycles. The molecule has 0 amide bonds. The van der Waals surface area contributed by atoms with Crippen molar-refractivity contribution in [1.29, 1.82) is 0 Å². The van der Waals surface area contributed by atoms with Crippen molar-refractivity contribution in [2.75, 3.05) is 4.72 Å². The minimum Gasteiger partial charge on any atom is -0.356 e. The number of nitrogens with one attached hydrogen (secondary N) is 2. The molecular formula is C13H12F3N3O2S. The second-order valence-corrected chi connectivity index (χ2v) is 6.72. The Labute approximate surface area is 124 Å². The number of halogens is 3. The van der Waals surface area contributed by atoms with Crippen molar-refractivity contribution in [3.8, 4) is 0 Å². The molecule has 0 spiro atoms. The Morgan fingerprint density at radius 2 is 2.00 bits per heavy atom. The lowest BCUT2D eigenvalue weighted by Gasteiger charge is -2.08. The van der Waals surface area contributed by atoms with Gasteiger partial charge in [0.25, 0.3) is 10.0 Å². The fourth-order valence-corrected chi connectivity index (χ4v) is 3.42. The van der Waals surface area contributed by atoms with E-state index < -0.39 is 26.8 Å². The van der Waals surface area contributed by atoms with E-state index in [1.807, 2.05) is 4.98 Å². The molecule has 0 saturated carbocycles. The number of rotatable bonds is 3. The van der Waals surface area contributed by atoms with E-state index in [0.717, 1.165) is 36.7 Å². The van der Waals surface area contributed by atoms with Gasteiger partial charge in [0.1, 0.15) is 10.6 Å². The van der Waals surface area contributed by atoms with Gasteiger partial charge in [-0.1, -0.05) is 0 Å². The number of fused-ring (bicyclic) bond motifs is 1. The molecule has 2 heterocycles. The van der Waals surface area contributed by atoms with Gasteiger partial charge < -0.3 is 4.98 Å². The first-order valence-electron chi connectivity index (χ1n) is 6.52. The highest BCUT2D eigenvalue weighted by Gasteiger charge is 2.33. The van der Waals surface area contributed by atoms with Gasteiger partial charge in [-0.05, 0) is 37.0 Å². The lowest BCUT2D eigenvalue weighted by Crippen LogP contribution is -2.13. The monoisotopic (exact) mass is 331 g/mol. The normalized spacial score (nSPS) is 14.9. The van der Waals surface area contributed by atoms with E-state index in [1.165, 1.54) is 6.20 Å². The average Bonchev–Trinajstić information content (AvgIpc) is 3.06. The fourth-order valence-electron chi connectivity index (χ4n) is 2.39. The molecule has 0 bridgehead atoms. The van der Waals surface area contributed by atoms with E-state index in [0.29, 0.717) is 6.07 Å². The molecule has 0 atom stereocenters. The van der Waals surface area contributed by atoms with Crippen LogP contribution in [-0.2, 0) is 29.0 Å². The van der Waals surface area contributed by atoms with Crippen molar-refractivity contribution in [2.45, 2.75) is 30.3 Å². The number of pyridine rings is 1. The zero-order valence-corrected chi connectivity index (χ0v) is 12.1. The van der Waals surface area contributed by atoms with Gasteiger partial charge in [0, 0.05) is 11.9 Å². The first kappa shape index (κ1) is 14.9. The van der Waals surface area contributed by atoms with Gasteiger partial charge in [0.05, 0.1) is 11.9 Å². The van der Waals surface area contributed by atoms with Crippen LogP contribution in [0.3, 0.4) is 0 Å². The van der Waals surface area contributed by atoms with Crippen LogP contribution in [0, 0.1) is 0 Å². The molecule has 2 N–H and O–H groups in total. The van der Waals surface area contributed by atoms with Gasteiger partial charge in [0.15, 0.2) is 0 Å². The van der Waals surface area contributed by atoms with E-state index in [2.05, 4.69) is 9.71 Å². The van der Waals surface area contributed by atoms with Crippen LogP contribution in [0.2, 0.25) is 0 Å². The second kappa shape index (κ2) is 5.01. The van der Waals surface area contributed by atoms with Crippen LogP contribution in [0.4, 0.5) is 18.9 Å². The average molecular weight is 331 g/mol. The number of aromatic nitrogens is 2. The third-order valence-corrected chi connectivity index (χ3v) is 4.80. The number of sulfonamides is 1. The van der Waals surface area contributed by atoms with E-state index >= 15 is 0 Å². The Balaban J connectivity index is 1.86. The predicted octanol–water partition coefficient (Wildman–Crippen LogP) is 2.72. The third kappa shape index (κ3) is 2.80. The SMILES string of the molecule is O=S(=O)(Nc1cnc2c(c1)CCC2)c1c[nH]c(C(F)(F)F)c1. The summed E-state index contributed by atoms with van der Waals surface area (Å²) in [5.41, 5.74) is 1.03. The number of nitrogens with zero attached hydrogens (tertiary/aromatic N) is 1. The first-order valence-corrected chi connectivity index (χ1v) is 8.00. The van der Waals surface area contributed by atoms with Gasteiger partial charge in [-0.25, -0.2) is 8.42 Å². The summed E-state index contributed by atoms with van der Waals surface area (Å²) < 4.78 is 64.0. The van der Waals surface area contributed by atoms with Crippen molar-refractivity contribution in [3.05, 3.63) is 41.5 Å². The Kier molecular flexibility index (Phi) is 3.39. The maximum Gasteiger partial charge on any atom is 0.431 e. The first-order chi connectivity index (χ1) is 10.3. The summed E-state index contributed by atoms with van der Waals surface area (Å²) in [5, 5.41) is 0. The zero-order valence-electron chi connectivity index (χ0n) is 11.2. The van der Waals surface area contributed by atoms with Gasteiger partial charge in [-0.3, -0.25) is 9.71 Å². The Morgan fingerprint density at radius 3 is 2.68 bits per heavy atom. The maximum absolute atomic E-state index is 12.5. The lowest BCUT2D eigenvalue weighted by atomic mass is 10.2. The summed E-state index contributed by atoms with van der Waals surface area (Å²) in [7, 11) is -4.09. The summed E-state index contributed by atoms with van der Waals surface area (Å²) >= 11 is 0. The van der Waals surface area contributed by atoms with E-state index in [9.17, 15) is 21.6 Å². The summed E-state index contributed by atoms with van der Waals surface area (Å²) in [5.74, 6) is 0. The molecule has 0 radical (unpaired) electrons. The highest BCUT2D eigenvalue weighted by atomic mass is 32.2. The van der Waals surface area contributed by atoms with Crippen LogP contribution in [0.25, 0.3) is 0 Å². The smallest absolute Gasteiger partial charge is 0.356 e. The zero-order chi connectivity index (χ0) is 16.0. The topological polar surface area (TPSA) is 74.8 Å². The number of aryl methyl sites for hydroxylation is 2. The van der Waals surface area contributed by atoms with Crippen LogP contribution in [0.5, 0.6) is 0 Å². The molecule has 1 aliphatic rings. The van der Waals surface area contributed by atoms with Gasteiger partial charge in [-0.15, -0.1) is 0 Å². The van der Waals surface area contributed by atoms with Crippen LogP contribution >= 0.6 is 0 Å². The number of aromatic amines is 1. The maximum atomic E-state index is 12.5. The molecule has 0 unspecified atom stereocenters. The summed E-state index contributed by atoms with van der Waals surface area (Å²) in [6.07, 6.45) is 0.203. The van der Waals surface area contributed by atoms with Crippen molar-refractivity contribution >= 4 is 15.7 Å². The molecule has 2 aromatic rings. The van der Waals surface area contributed by atoms with Crippen molar-refractivity contribution in [1.82, 2.24) is 9.97 Å². The van der Waals surface area contributed by atoms with Crippen LogP contribution in [-0.4, -0.2) is 18.4 Å². The largest absolute Gasteiger partial charge is 0.431 e. The number of hydrogen-bond donors (Lipinski definition) is 2. The molecule has 0 fully saturated rings. The van der Waals surface area contributed by atoms with E-state index in [-0.39, 0.29) is 5.69 Å². The summed E-state index contributed by atoms with van der Waals surface area (Å²) in [6.45, 7) is 0. The number of hydrogen-bond acceptors (Lipinski definition) is 3. The molecule has 0 aliphatic heterocycles. The molecule has 9 heteroatoms. The summed E-state index contributed by atoms with van der Waals surface area (Å²) in [4.78, 5) is 5.61. The van der Waals surface area contributed by atoms with Gasteiger partial charge in [0.2, 0.25) is 0 Å². The number of anilines is 1. The Bertz CT molecular complexity index is 812.